The van der Waals surface area contributed by atoms with E-state index < -0.39 is 0 Å². The van der Waals surface area contributed by atoms with Crippen LogP contribution in [-0.4, -0.2) is 11.5 Å². The Hall–Kier alpha value is -1.71. The van der Waals surface area contributed by atoms with Gasteiger partial charge >= 0.3 is 0 Å². The number of rotatable bonds is 4. The Kier molecular flexibility index (Phi) is 4.32. The molecule has 0 radical (unpaired) electrons. The molecule has 0 saturated carbocycles. The second kappa shape index (κ2) is 6.37. The third-order valence-electron chi connectivity index (χ3n) is 3.57. The average Bonchev–Trinajstić information content (AvgIpc) is 2.52. The minimum atomic E-state index is 0.157. The SMILES string of the molecule is CCNC(c1cncc(Br)c1)c1ccc2ccccc2c1. The predicted molar refractivity (Wildman–Crippen MR) is 91.4 cm³/mol. The lowest BCUT2D eigenvalue weighted by atomic mass is 9.97. The largest absolute Gasteiger partial charge is 0.306 e. The van der Waals surface area contributed by atoms with E-state index in [1.807, 2.05) is 12.4 Å². The van der Waals surface area contributed by atoms with Gasteiger partial charge in [0, 0.05) is 16.9 Å². The van der Waals surface area contributed by atoms with Gasteiger partial charge in [-0.05, 0) is 56.5 Å². The Bertz CT molecular complexity index is 755. The molecule has 21 heavy (non-hydrogen) atoms. The van der Waals surface area contributed by atoms with Gasteiger partial charge in [-0.15, -0.1) is 0 Å². The van der Waals surface area contributed by atoms with Crippen LogP contribution in [0.4, 0.5) is 0 Å². The number of hydrogen-bond donors (Lipinski definition) is 1. The number of halogens is 1. The van der Waals surface area contributed by atoms with Crippen molar-refractivity contribution in [1.82, 2.24) is 10.3 Å². The third-order valence-corrected chi connectivity index (χ3v) is 4.01. The van der Waals surface area contributed by atoms with E-state index in [1.165, 1.54) is 21.9 Å². The van der Waals surface area contributed by atoms with Crippen molar-refractivity contribution in [2.45, 2.75) is 13.0 Å². The van der Waals surface area contributed by atoms with Crippen molar-refractivity contribution in [2.24, 2.45) is 0 Å². The average molecular weight is 341 g/mol. The molecular formula is C18H17BrN2. The first-order chi connectivity index (χ1) is 10.3. The highest BCUT2D eigenvalue weighted by molar-refractivity contribution is 9.10. The minimum absolute atomic E-state index is 0.157. The molecule has 0 aliphatic carbocycles. The van der Waals surface area contributed by atoms with Crippen LogP contribution < -0.4 is 5.32 Å². The molecule has 1 unspecified atom stereocenters. The van der Waals surface area contributed by atoms with E-state index >= 15 is 0 Å². The fourth-order valence-electron chi connectivity index (χ4n) is 2.61. The van der Waals surface area contributed by atoms with Gasteiger partial charge in [0.15, 0.2) is 0 Å². The van der Waals surface area contributed by atoms with Crippen molar-refractivity contribution in [3.63, 3.8) is 0 Å². The van der Waals surface area contributed by atoms with Gasteiger partial charge in [-0.25, -0.2) is 0 Å². The van der Waals surface area contributed by atoms with E-state index in [-0.39, 0.29) is 6.04 Å². The first-order valence-electron chi connectivity index (χ1n) is 7.10. The zero-order chi connectivity index (χ0) is 14.7. The molecule has 1 aromatic heterocycles. The molecule has 2 aromatic carbocycles. The fourth-order valence-corrected chi connectivity index (χ4v) is 2.99. The summed E-state index contributed by atoms with van der Waals surface area (Å²) in [6.07, 6.45) is 3.74. The van der Waals surface area contributed by atoms with E-state index in [4.69, 9.17) is 0 Å². The van der Waals surface area contributed by atoms with Crippen LogP contribution in [0.1, 0.15) is 24.1 Å². The molecule has 3 aromatic rings. The normalized spacial score (nSPS) is 12.5. The summed E-state index contributed by atoms with van der Waals surface area (Å²) >= 11 is 3.50. The predicted octanol–water partition coefficient (Wildman–Crippen LogP) is 4.70. The Morgan fingerprint density at radius 3 is 2.57 bits per heavy atom. The second-order valence-corrected chi connectivity index (χ2v) is 5.95. The zero-order valence-corrected chi connectivity index (χ0v) is 13.5. The van der Waals surface area contributed by atoms with Gasteiger partial charge in [0.05, 0.1) is 6.04 Å². The molecule has 0 fully saturated rings. The number of aromatic nitrogens is 1. The van der Waals surface area contributed by atoms with Crippen LogP contribution in [0.2, 0.25) is 0 Å². The van der Waals surface area contributed by atoms with Crippen molar-refractivity contribution < 1.29 is 0 Å². The minimum Gasteiger partial charge on any atom is -0.306 e. The lowest BCUT2D eigenvalue weighted by Crippen LogP contribution is -2.22. The van der Waals surface area contributed by atoms with Gasteiger partial charge in [0.1, 0.15) is 0 Å². The maximum atomic E-state index is 4.29. The first kappa shape index (κ1) is 14.2. The molecule has 3 heteroatoms. The maximum Gasteiger partial charge on any atom is 0.0592 e. The molecule has 0 aliphatic heterocycles. The van der Waals surface area contributed by atoms with Gasteiger partial charge in [0.25, 0.3) is 0 Å². The standard InChI is InChI=1S/C18H17BrN2/c1-2-21-18(16-10-17(19)12-20-11-16)15-8-7-13-5-3-4-6-14(13)9-15/h3-12,18,21H,2H2,1H3. The Balaban J connectivity index is 2.06. The summed E-state index contributed by atoms with van der Waals surface area (Å²) in [5, 5.41) is 6.08. The lowest BCUT2D eigenvalue weighted by molar-refractivity contribution is 0.629. The number of nitrogens with one attached hydrogen (secondary N) is 1. The Labute approximate surface area is 133 Å². The van der Waals surface area contributed by atoms with Crippen LogP contribution in [-0.2, 0) is 0 Å². The van der Waals surface area contributed by atoms with Gasteiger partial charge in [-0.2, -0.15) is 0 Å². The van der Waals surface area contributed by atoms with Crippen molar-refractivity contribution in [3.8, 4) is 0 Å². The number of hydrogen-bond acceptors (Lipinski definition) is 2. The topological polar surface area (TPSA) is 24.9 Å². The molecule has 0 aliphatic rings. The van der Waals surface area contributed by atoms with E-state index in [0.29, 0.717) is 0 Å². The summed E-state index contributed by atoms with van der Waals surface area (Å²) in [5.74, 6) is 0. The first-order valence-corrected chi connectivity index (χ1v) is 7.90. The smallest absolute Gasteiger partial charge is 0.0592 e. The van der Waals surface area contributed by atoms with Crippen LogP contribution in [0.15, 0.2) is 65.4 Å². The quantitative estimate of drug-likeness (QED) is 0.744. The highest BCUT2D eigenvalue weighted by Crippen LogP contribution is 2.26. The molecule has 1 atom stereocenters. The van der Waals surface area contributed by atoms with Crippen LogP contribution >= 0.6 is 15.9 Å². The number of benzene rings is 2. The summed E-state index contributed by atoms with van der Waals surface area (Å²) < 4.78 is 1.00. The lowest BCUT2D eigenvalue weighted by Gasteiger charge is -2.19. The molecule has 106 valence electrons. The van der Waals surface area contributed by atoms with Crippen molar-refractivity contribution in [1.29, 1.82) is 0 Å². The van der Waals surface area contributed by atoms with Crippen LogP contribution in [0.25, 0.3) is 10.8 Å². The molecular weight excluding hydrogens is 324 g/mol. The molecule has 1 N–H and O–H groups in total. The number of pyridine rings is 1. The molecule has 0 spiro atoms. The second-order valence-electron chi connectivity index (χ2n) is 5.03. The maximum absolute atomic E-state index is 4.29. The Morgan fingerprint density at radius 1 is 1.00 bits per heavy atom. The van der Waals surface area contributed by atoms with Gasteiger partial charge in [0.2, 0.25) is 0 Å². The van der Waals surface area contributed by atoms with E-state index in [2.05, 4.69) is 81.7 Å². The molecule has 0 saturated heterocycles. The van der Waals surface area contributed by atoms with E-state index in [0.717, 1.165) is 11.0 Å². The van der Waals surface area contributed by atoms with Crippen molar-refractivity contribution in [3.05, 3.63) is 76.5 Å². The summed E-state index contributed by atoms with van der Waals surface area (Å²) in [4.78, 5) is 4.29. The van der Waals surface area contributed by atoms with Crippen molar-refractivity contribution >= 4 is 26.7 Å². The molecule has 1 heterocycles. The van der Waals surface area contributed by atoms with Gasteiger partial charge in [-0.3, -0.25) is 4.98 Å². The highest BCUT2D eigenvalue weighted by Gasteiger charge is 2.14. The van der Waals surface area contributed by atoms with Gasteiger partial charge < -0.3 is 5.32 Å². The van der Waals surface area contributed by atoms with Gasteiger partial charge in [-0.1, -0.05) is 43.3 Å². The summed E-state index contributed by atoms with van der Waals surface area (Å²) in [6, 6.07) is 17.3. The molecule has 2 nitrogen and oxygen atoms in total. The molecule has 0 amide bonds. The summed E-state index contributed by atoms with van der Waals surface area (Å²) in [6.45, 7) is 3.03. The van der Waals surface area contributed by atoms with Crippen LogP contribution in [0.5, 0.6) is 0 Å². The highest BCUT2D eigenvalue weighted by atomic mass is 79.9. The van der Waals surface area contributed by atoms with E-state index in [9.17, 15) is 0 Å². The van der Waals surface area contributed by atoms with E-state index in [1.54, 1.807) is 0 Å². The van der Waals surface area contributed by atoms with Crippen molar-refractivity contribution in [2.75, 3.05) is 6.54 Å². The molecule has 0 bridgehead atoms. The number of fused-ring (bicyclic) bond motifs is 1. The number of nitrogens with zero attached hydrogens (tertiary/aromatic N) is 1. The summed E-state index contributed by atoms with van der Waals surface area (Å²) in [7, 11) is 0. The van der Waals surface area contributed by atoms with Crippen LogP contribution in [0, 0.1) is 0 Å². The fraction of sp³-hybridized carbons (Fsp3) is 0.167. The Morgan fingerprint density at radius 2 is 1.81 bits per heavy atom. The van der Waals surface area contributed by atoms with Crippen LogP contribution in [0.3, 0.4) is 0 Å². The summed E-state index contributed by atoms with van der Waals surface area (Å²) in [5.41, 5.74) is 2.43. The third kappa shape index (κ3) is 3.14. The monoisotopic (exact) mass is 340 g/mol. The molecule has 3 rings (SSSR count). The zero-order valence-electron chi connectivity index (χ0n) is 11.9.